The Morgan fingerprint density at radius 3 is 2.67 bits per heavy atom. The van der Waals surface area contributed by atoms with Gasteiger partial charge in [0, 0.05) is 20.3 Å². The van der Waals surface area contributed by atoms with Crippen molar-refractivity contribution in [3.63, 3.8) is 0 Å². The molecule has 110 valence electrons. The Bertz CT molecular complexity index is 959. The molecule has 0 saturated carbocycles. The number of H-pyrrole nitrogens is 1. The molecule has 0 aliphatic heterocycles. The van der Waals surface area contributed by atoms with Crippen molar-refractivity contribution in [3.05, 3.63) is 38.8 Å². The number of aromatic nitrogens is 4. The summed E-state index contributed by atoms with van der Waals surface area (Å²) in [6.07, 6.45) is 2.05. The van der Waals surface area contributed by atoms with E-state index in [0.717, 1.165) is 17.0 Å². The van der Waals surface area contributed by atoms with E-state index in [1.165, 1.54) is 14.1 Å². The van der Waals surface area contributed by atoms with Gasteiger partial charge in [0.05, 0.1) is 6.20 Å². The summed E-state index contributed by atoms with van der Waals surface area (Å²) in [7, 11) is -1.79. The first-order valence-electron chi connectivity index (χ1n) is 5.51. The molecule has 0 radical (unpaired) electrons. The standard InChI is InChI=1S/C10H10N6O4S/c1-15-5-7(9(17)16(2)10(15)18)21(19,20)14-8-6(3-11)4-12-13-8/h4-5H,1-2H3,(H2,12,13,14). The molecule has 2 aromatic heterocycles. The average Bonchev–Trinajstić information content (AvgIpc) is 2.86. The molecule has 2 N–H and O–H groups in total. The molecule has 0 aliphatic rings. The second-order valence-electron chi connectivity index (χ2n) is 4.13. The summed E-state index contributed by atoms with van der Waals surface area (Å²) < 4.78 is 28.1. The Kier molecular flexibility index (Phi) is 3.40. The molecule has 0 aliphatic carbocycles. The van der Waals surface area contributed by atoms with Crippen molar-refractivity contribution < 1.29 is 8.42 Å². The van der Waals surface area contributed by atoms with Crippen LogP contribution < -0.4 is 16.0 Å². The third-order valence-corrected chi connectivity index (χ3v) is 4.03. The lowest BCUT2D eigenvalue weighted by Gasteiger charge is -2.08. The summed E-state index contributed by atoms with van der Waals surface area (Å²) in [5.41, 5.74) is -1.65. The highest BCUT2D eigenvalue weighted by Gasteiger charge is 2.23. The summed E-state index contributed by atoms with van der Waals surface area (Å²) in [5, 5.41) is 14.6. The van der Waals surface area contributed by atoms with Crippen LogP contribution in [0.15, 0.2) is 26.9 Å². The monoisotopic (exact) mass is 310 g/mol. The molecule has 0 amide bonds. The topological polar surface area (TPSA) is 143 Å². The molecule has 0 saturated heterocycles. The predicted molar refractivity (Wildman–Crippen MR) is 71.0 cm³/mol. The lowest BCUT2D eigenvalue weighted by molar-refractivity contribution is 0.589. The quantitative estimate of drug-likeness (QED) is 0.704. The fraction of sp³-hybridized carbons (Fsp3) is 0.200. The van der Waals surface area contributed by atoms with E-state index in [4.69, 9.17) is 5.26 Å². The van der Waals surface area contributed by atoms with Crippen LogP contribution in [-0.4, -0.2) is 27.7 Å². The first kappa shape index (κ1) is 14.5. The molecule has 2 aromatic rings. The largest absolute Gasteiger partial charge is 0.330 e. The normalized spacial score (nSPS) is 11.1. The van der Waals surface area contributed by atoms with Crippen LogP contribution in [0.2, 0.25) is 0 Å². The van der Waals surface area contributed by atoms with E-state index in [9.17, 15) is 18.0 Å². The summed E-state index contributed by atoms with van der Waals surface area (Å²) in [5.74, 6) is -0.159. The number of aromatic amines is 1. The highest BCUT2D eigenvalue weighted by molar-refractivity contribution is 7.92. The van der Waals surface area contributed by atoms with Gasteiger partial charge in [0.2, 0.25) is 0 Å². The van der Waals surface area contributed by atoms with Crippen molar-refractivity contribution in [2.75, 3.05) is 4.72 Å². The first-order valence-corrected chi connectivity index (χ1v) is 6.99. The Morgan fingerprint density at radius 1 is 1.38 bits per heavy atom. The van der Waals surface area contributed by atoms with Crippen molar-refractivity contribution >= 4 is 15.8 Å². The van der Waals surface area contributed by atoms with Gasteiger partial charge < -0.3 is 4.57 Å². The van der Waals surface area contributed by atoms with Crippen molar-refractivity contribution in [1.82, 2.24) is 19.3 Å². The zero-order valence-corrected chi connectivity index (χ0v) is 11.8. The number of nitrogens with one attached hydrogen (secondary N) is 2. The molecular weight excluding hydrogens is 300 g/mol. The Hall–Kier alpha value is -2.87. The van der Waals surface area contributed by atoms with E-state index < -0.39 is 26.2 Å². The first-order chi connectivity index (χ1) is 9.77. The number of anilines is 1. The van der Waals surface area contributed by atoms with Gasteiger partial charge >= 0.3 is 5.69 Å². The third-order valence-electron chi connectivity index (χ3n) is 2.70. The van der Waals surface area contributed by atoms with Gasteiger partial charge in [0.15, 0.2) is 10.7 Å². The Labute approximate surface area is 118 Å². The smallest absolute Gasteiger partial charge is 0.302 e. The number of aryl methyl sites for hydroxylation is 1. The lowest BCUT2D eigenvalue weighted by atomic mass is 10.4. The van der Waals surface area contributed by atoms with Crippen molar-refractivity contribution in [2.24, 2.45) is 14.1 Å². The van der Waals surface area contributed by atoms with Gasteiger partial charge in [-0.25, -0.2) is 13.2 Å². The van der Waals surface area contributed by atoms with E-state index in [1.807, 2.05) is 0 Å². The van der Waals surface area contributed by atoms with Crippen molar-refractivity contribution in [2.45, 2.75) is 4.90 Å². The molecule has 0 atom stereocenters. The minimum Gasteiger partial charge on any atom is -0.302 e. The summed E-state index contributed by atoms with van der Waals surface area (Å²) >= 11 is 0. The van der Waals surface area contributed by atoms with Crippen LogP contribution in [0.3, 0.4) is 0 Å². The molecule has 2 rings (SSSR count). The third kappa shape index (κ3) is 2.43. The SMILES string of the molecule is Cn1cc(S(=O)(=O)Nc2[nH]ncc2C#N)c(=O)n(C)c1=O. The Balaban J connectivity index is 2.59. The second kappa shape index (κ2) is 4.91. The summed E-state index contributed by atoms with van der Waals surface area (Å²) in [4.78, 5) is 22.8. The van der Waals surface area contributed by atoms with Gasteiger partial charge in [0.1, 0.15) is 11.6 Å². The lowest BCUT2D eigenvalue weighted by Crippen LogP contribution is -2.40. The molecule has 0 unspecified atom stereocenters. The van der Waals surface area contributed by atoms with Gasteiger partial charge in [-0.2, -0.15) is 10.4 Å². The number of rotatable bonds is 3. The fourth-order valence-corrected chi connectivity index (χ4v) is 2.80. The van der Waals surface area contributed by atoms with Gasteiger partial charge in [0.25, 0.3) is 15.6 Å². The average molecular weight is 310 g/mol. The molecule has 0 fully saturated rings. The van der Waals surface area contributed by atoms with Crippen LogP contribution >= 0.6 is 0 Å². The zero-order chi connectivity index (χ0) is 15.8. The summed E-state index contributed by atoms with van der Waals surface area (Å²) in [6, 6.07) is 1.74. The van der Waals surface area contributed by atoms with Crippen LogP contribution in [0.1, 0.15) is 5.56 Å². The van der Waals surface area contributed by atoms with Gasteiger partial charge in [-0.3, -0.25) is 19.2 Å². The number of hydrogen-bond acceptors (Lipinski definition) is 6. The number of hydrogen-bond donors (Lipinski definition) is 2. The van der Waals surface area contributed by atoms with E-state index in [2.05, 4.69) is 14.9 Å². The maximum absolute atomic E-state index is 12.2. The van der Waals surface area contributed by atoms with E-state index in [0.29, 0.717) is 4.57 Å². The summed E-state index contributed by atoms with van der Waals surface area (Å²) in [6.45, 7) is 0. The number of nitrogens with zero attached hydrogens (tertiary/aromatic N) is 4. The molecule has 11 heteroatoms. The van der Waals surface area contributed by atoms with E-state index >= 15 is 0 Å². The van der Waals surface area contributed by atoms with Gasteiger partial charge in [-0.05, 0) is 0 Å². The second-order valence-corrected chi connectivity index (χ2v) is 5.78. The van der Waals surface area contributed by atoms with Gasteiger partial charge in [-0.15, -0.1) is 0 Å². The minimum atomic E-state index is -4.27. The van der Waals surface area contributed by atoms with E-state index in [-0.39, 0.29) is 11.4 Å². The number of sulfonamides is 1. The molecule has 0 spiro atoms. The Morgan fingerprint density at radius 2 is 2.05 bits per heavy atom. The maximum atomic E-state index is 12.2. The number of nitriles is 1. The van der Waals surface area contributed by atoms with Crippen LogP contribution in [0.4, 0.5) is 5.82 Å². The van der Waals surface area contributed by atoms with Crippen molar-refractivity contribution in [3.8, 4) is 6.07 Å². The fourth-order valence-electron chi connectivity index (χ4n) is 1.60. The highest BCUT2D eigenvalue weighted by Crippen LogP contribution is 2.14. The molecule has 0 bridgehead atoms. The van der Waals surface area contributed by atoms with E-state index in [1.54, 1.807) is 6.07 Å². The van der Waals surface area contributed by atoms with Crippen LogP contribution in [-0.2, 0) is 24.1 Å². The molecule has 0 aromatic carbocycles. The highest BCUT2D eigenvalue weighted by atomic mass is 32.2. The minimum absolute atomic E-state index is 0.0276. The van der Waals surface area contributed by atoms with Crippen LogP contribution in [0.5, 0.6) is 0 Å². The van der Waals surface area contributed by atoms with Crippen molar-refractivity contribution in [1.29, 1.82) is 5.26 Å². The maximum Gasteiger partial charge on any atom is 0.330 e. The predicted octanol–water partition coefficient (Wildman–Crippen LogP) is -1.52. The van der Waals surface area contributed by atoms with Crippen LogP contribution in [0.25, 0.3) is 0 Å². The molecule has 21 heavy (non-hydrogen) atoms. The van der Waals surface area contributed by atoms with Gasteiger partial charge in [-0.1, -0.05) is 0 Å². The molecular formula is C10H10N6O4S. The molecule has 2 heterocycles. The van der Waals surface area contributed by atoms with Crippen LogP contribution in [0, 0.1) is 11.3 Å². The molecule has 10 nitrogen and oxygen atoms in total. The zero-order valence-electron chi connectivity index (χ0n) is 11.0.